The van der Waals surface area contributed by atoms with Crippen molar-refractivity contribution < 1.29 is 4.79 Å². The van der Waals surface area contributed by atoms with Gasteiger partial charge in [0.05, 0.1) is 12.2 Å². The zero-order valence-electron chi connectivity index (χ0n) is 19.2. The topological polar surface area (TPSA) is 92.8 Å². The number of aromatic nitrogens is 4. The first-order valence-corrected chi connectivity index (χ1v) is 11.6. The van der Waals surface area contributed by atoms with E-state index in [9.17, 15) is 9.59 Å². The van der Waals surface area contributed by atoms with Gasteiger partial charge in [-0.2, -0.15) is 0 Å². The molecule has 0 unspecified atom stereocenters. The molecule has 176 valence electrons. The lowest BCUT2D eigenvalue weighted by atomic mass is 10.1. The summed E-state index contributed by atoms with van der Waals surface area (Å²) in [4.78, 5) is 33.7. The molecule has 0 saturated carbocycles. The van der Waals surface area contributed by atoms with Gasteiger partial charge in [0, 0.05) is 31.2 Å². The Labute approximate surface area is 202 Å². The van der Waals surface area contributed by atoms with Crippen molar-refractivity contribution in [3.05, 3.63) is 118 Å². The van der Waals surface area contributed by atoms with Gasteiger partial charge in [-0.25, -0.2) is 9.97 Å². The maximum Gasteiger partial charge on any atom is 0.270 e. The predicted molar refractivity (Wildman–Crippen MR) is 134 cm³/mol. The second-order valence-corrected chi connectivity index (χ2v) is 8.39. The van der Waals surface area contributed by atoms with Crippen molar-refractivity contribution in [3.63, 3.8) is 0 Å². The van der Waals surface area contributed by atoms with Gasteiger partial charge in [-0.3, -0.25) is 14.0 Å². The molecule has 0 radical (unpaired) electrons. The lowest BCUT2D eigenvalue weighted by Crippen LogP contribution is -2.27. The lowest BCUT2D eigenvalue weighted by molar-refractivity contribution is 0.0945. The molecule has 8 nitrogen and oxygen atoms in total. The summed E-state index contributed by atoms with van der Waals surface area (Å²) in [7, 11) is 0. The SMILES string of the molecule is O=C(NCc1cn2cc(CNCCCc3ccccc3)ccc2n1)c1cc(=O)n2ccccc2n1. The monoisotopic (exact) mass is 466 g/mol. The van der Waals surface area contributed by atoms with Crippen molar-refractivity contribution in [2.45, 2.75) is 25.9 Å². The maximum absolute atomic E-state index is 12.6. The van der Waals surface area contributed by atoms with E-state index in [0.717, 1.165) is 42.8 Å². The molecule has 0 spiro atoms. The van der Waals surface area contributed by atoms with Crippen molar-refractivity contribution in [3.8, 4) is 0 Å². The molecule has 0 aliphatic carbocycles. The van der Waals surface area contributed by atoms with Gasteiger partial charge < -0.3 is 15.0 Å². The minimum absolute atomic E-state index is 0.0885. The van der Waals surface area contributed by atoms with Crippen LogP contribution in [-0.2, 0) is 19.5 Å². The first kappa shape index (κ1) is 22.5. The van der Waals surface area contributed by atoms with Crippen molar-refractivity contribution in [1.29, 1.82) is 0 Å². The van der Waals surface area contributed by atoms with Gasteiger partial charge in [0.2, 0.25) is 0 Å². The number of benzene rings is 1. The number of rotatable bonds is 9. The molecule has 1 amide bonds. The number of nitrogens with one attached hydrogen (secondary N) is 2. The molecule has 35 heavy (non-hydrogen) atoms. The predicted octanol–water partition coefficient (Wildman–Crippen LogP) is 2.99. The Morgan fingerprint density at radius 2 is 1.71 bits per heavy atom. The molecule has 4 aromatic heterocycles. The van der Waals surface area contributed by atoms with Gasteiger partial charge in [-0.15, -0.1) is 0 Å². The molecule has 0 fully saturated rings. The summed E-state index contributed by atoms with van der Waals surface area (Å²) in [6.07, 6.45) is 7.71. The molecule has 0 aliphatic rings. The van der Waals surface area contributed by atoms with Crippen LogP contribution in [0, 0.1) is 0 Å². The zero-order chi connectivity index (χ0) is 24.0. The number of hydrogen-bond acceptors (Lipinski definition) is 5. The first-order chi connectivity index (χ1) is 17.2. The number of nitrogens with zero attached hydrogens (tertiary/aromatic N) is 4. The summed E-state index contributed by atoms with van der Waals surface area (Å²) >= 11 is 0. The van der Waals surface area contributed by atoms with Crippen LogP contribution < -0.4 is 16.2 Å². The van der Waals surface area contributed by atoms with Crippen LogP contribution in [0.5, 0.6) is 0 Å². The number of imidazole rings is 1. The van der Waals surface area contributed by atoms with Gasteiger partial charge in [-0.1, -0.05) is 42.5 Å². The Hall–Kier alpha value is -4.30. The van der Waals surface area contributed by atoms with Crippen LogP contribution in [0.15, 0.2) is 90.1 Å². The third kappa shape index (κ3) is 5.44. The molecule has 4 heterocycles. The van der Waals surface area contributed by atoms with E-state index in [-0.39, 0.29) is 17.8 Å². The standard InChI is InChI=1S/C27H26N6O2/c34-26-15-23(31-25-10-4-5-14-33(25)26)27(35)29-17-22-19-32-18-21(11-12-24(32)30-22)16-28-13-6-9-20-7-2-1-3-8-20/h1-5,7-8,10-12,14-15,18-19,28H,6,9,13,16-17H2,(H,29,35). The molecule has 0 saturated heterocycles. The highest BCUT2D eigenvalue weighted by Crippen LogP contribution is 2.09. The second-order valence-electron chi connectivity index (χ2n) is 8.39. The van der Waals surface area contributed by atoms with Crippen LogP contribution in [0.4, 0.5) is 0 Å². The third-order valence-electron chi connectivity index (χ3n) is 5.79. The van der Waals surface area contributed by atoms with Crippen LogP contribution in [-0.4, -0.2) is 31.2 Å². The number of carbonyl (C=O) groups is 1. The fraction of sp³-hybridized carbons (Fsp3) is 0.185. The number of fused-ring (bicyclic) bond motifs is 2. The van der Waals surface area contributed by atoms with E-state index in [0.29, 0.717) is 5.65 Å². The fourth-order valence-corrected chi connectivity index (χ4v) is 4.01. The van der Waals surface area contributed by atoms with E-state index < -0.39 is 5.91 Å². The van der Waals surface area contributed by atoms with E-state index in [1.165, 1.54) is 16.0 Å². The number of pyridine rings is 2. The molecular formula is C27H26N6O2. The largest absolute Gasteiger partial charge is 0.345 e. The van der Waals surface area contributed by atoms with E-state index in [2.05, 4.69) is 50.9 Å². The molecular weight excluding hydrogens is 440 g/mol. The van der Waals surface area contributed by atoms with Crippen LogP contribution in [0.2, 0.25) is 0 Å². The minimum atomic E-state index is -0.411. The average molecular weight is 467 g/mol. The Balaban J connectivity index is 1.15. The van der Waals surface area contributed by atoms with Crippen molar-refractivity contribution in [1.82, 2.24) is 29.4 Å². The Kier molecular flexibility index (Phi) is 6.63. The summed E-state index contributed by atoms with van der Waals surface area (Å²) in [5.74, 6) is -0.411. The summed E-state index contributed by atoms with van der Waals surface area (Å²) in [5.41, 5.74) is 4.27. The summed E-state index contributed by atoms with van der Waals surface area (Å²) in [5, 5.41) is 6.30. The van der Waals surface area contributed by atoms with Gasteiger partial charge >= 0.3 is 0 Å². The Morgan fingerprint density at radius 1 is 0.857 bits per heavy atom. The van der Waals surface area contributed by atoms with Gasteiger partial charge in [-0.05, 0) is 48.7 Å². The smallest absolute Gasteiger partial charge is 0.270 e. The average Bonchev–Trinajstić information content (AvgIpc) is 3.30. The quantitative estimate of drug-likeness (QED) is 0.326. The lowest BCUT2D eigenvalue weighted by Gasteiger charge is -2.06. The molecule has 1 aromatic carbocycles. The zero-order valence-corrected chi connectivity index (χ0v) is 19.2. The molecule has 0 bridgehead atoms. The first-order valence-electron chi connectivity index (χ1n) is 11.6. The van der Waals surface area contributed by atoms with E-state index in [1.807, 2.05) is 28.9 Å². The normalized spacial score (nSPS) is 11.2. The van der Waals surface area contributed by atoms with Crippen LogP contribution >= 0.6 is 0 Å². The third-order valence-corrected chi connectivity index (χ3v) is 5.79. The van der Waals surface area contributed by atoms with Gasteiger partial charge in [0.15, 0.2) is 0 Å². The molecule has 0 aliphatic heterocycles. The summed E-state index contributed by atoms with van der Waals surface area (Å²) in [6.45, 7) is 1.96. The number of amides is 1. The summed E-state index contributed by atoms with van der Waals surface area (Å²) in [6, 6.07) is 21.0. The number of hydrogen-bond donors (Lipinski definition) is 2. The Morgan fingerprint density at radius 3 is 2.60 bits per heavy atom. The molecule has 5 aromatic rings. The van der Waals surface area contributed by atoms with Gasteiger partial charge in [0.25, 0.3) is 11.5 Å². The molecule has 0 atom stereocenters. The fourth-order valence-electron chi connectivity index (χ4n) is 4.01. The van der Waals surface area contributed by atoms with E-state index >= 15 is 0 Å². The Bertz CT molecular complexity index is 1520. The highest BCUT2D eigenvalue weighted by atomic mass is 16.2. The van der Waals surface area contributed by atoms with Crippen molar-refractivity contribution in [2.24, 2.45) is 0 Å². The van der Waals surface area contributed by atoms with Crippen LogP contribution in [0.1, 0.15) is 33.7 Å². The molecule has 8 heteroatoms. The van der Waals surface area contributed by atoms with Crippen molar-refractivity contribution >= 4 is 17.2 Å². The van der Waals surface area contributed by atoms with E-state index in [1.54, 1.807) is 24.4 Å². The highest BCUT2D eigenvalue weighted by molar-refractivity contribution is 5.92. The second kappa shape index (κ2) is 10.3. The van der Waals surface area contributed by atoms with Crippen LogP contribution in [0.25, 0.3) is 11.3 Å². The maximum atomic E-state index is 12.6. The van der Waals surface area contributed by atoms with Crippen LogP contribution in [0.3, 0.4) is 0 Å². The number of aryl methyl sites for hydroxylation is 1. The molecule has 2 N–H and O–H groups in total. The molecule has 5 rings (SSSR count). The minimum Gasteiger partial charge on any atom is -0.345 e. The number of carbonyl (C=O) groups excluding carboxylic acids is 1. The highest BCUT2D eigenvalue weighted by Gasteiger charge is 2.11. The summed E-state index contributed by atoms with van der Waals surface area (Å²) < 4.78 is 3.36. The van der Waals surface area contributed by atoms with E-state index in [4.69, 9.17) is 0 Å². The van der Waals surface area contributed by atoms with Gasteiger partial charge in [0.1, 0.15) is 17.0 Å². The van der Waals surface area contributed by atoms with Crippen molar-refractivity contribution in [2.75, 3.05) is 6.54 Å².